The second kappa shape index (κ2) is 8.84. The molecule has 0 unspecified atom stereocenters. The third kappa shape index (κ3) is 4.71. The van der Waals surface area contributed by atoms with Crippen LogP contribution in [0.25, 0.3) is 10.9 Å². The van der Waals surface area contributed by atoms with Gasteiger partial charge in [-0.05, 0) is 48.5 Å². The van der Waals surface area contributed by atoms with E-state index in [2.05, 4.69) is 26.5 Å². The van der Waals surface area contributed by atoms with Crippen molar-refractivity contribution in [2.24, 2.45) is 0 Å². The molecule has 0 aliphatic heterocycles. The number of carbonyl (C=O) groups is 1. The third-order valence-corrected chi connectivity index (χ3v) is 4.50. The summed E-state index contributed by atoms with van der Waals surface area (Å²) in [5.74, 6) is 3.41. The highest BCUT2D eigenvalue weighted by molar-refractivity contribution is 5.95. The van der Waals surface area contributed by atoms with Crippen LogP contribution < -0.4 is 21.1 Å². The number of ether oxygens (including phenoxy) is 1. The van der Waals surface area contributed by atoms with Crippen LogP contribution in [0.5, 0.6) is 5.75 Å². The zero-order valence-electron chi connectivity index (χ0n) is 16.5. The van der Waals surface area contributed by atoms with E-state index in [0.717, 1.165) is 22.2 Å². The van der Waals surface area contributed by atoms with Crippen LogP contribution in [-0.4, -0.2) is 22.5 Å². The first-order chi connectivity index (χ1) is 15.1. The lowest BCUT2D eigenvalue weighted by Crippen LogP contribution is -2.20. The molecule has 0 radical (unpaired) electrons. The predicted molar refractivity (Wildman–Crippen MR) is 122 cm³/mol. The summed E-state index contributed by atoms with van der Waals surface area (Å²) in [5, 5.41) is 6.74. The van der Waals surface area contributed by atoms with Gasteiger partial charge in [0.05, 0.1) is 16.9 Å². The molecule has 0 saturated heterocycles. The number of para-hydroxylation sites is 2. The summed E-state index contributed by atoms with van der Waals surface area (Å²) in [6.07, 6.45) is 6.96. The van der Waals surface area contributed by atoms with Crippen molar-refractivity contribution in [2.75, 3.05) is 23.0 Å². The average Bonchev–Trinajstić information content (AvgIpc) is 2.79. The Morgan fingerprint density at radius 3 is 2.77 bits per heavy atom. The molecule has 4 aromatic rings. The van der Waals surface area contributed by atoms with Crippen molar-refractivity contribution < 1.29 is 9.53 Å². The molecule has 4 rings (SSSR count). The topological polar surface area (TPSA) is 102 Å². The number of hydrogen-bond donors (Lipinski definition) is 3. The summed E-state index contributed by atoms with van der Waals surface area (Å²) in [6, 6.07) is 19.9. The van der Waals surface area contributed by atoms with Crippen LogP contribution in [-0.2, 0) is 4.79 Å². The van der Waals surface area contributed by atoms with Gasteiger partial charge in [0.1, 0.15) is 17.9 Å². The van der Waals surface area contributed by atoms with Crippen molar-refractivity contribution in [3.8, 4) is 18.1 Å². The zero-order valence-corrected chi connectivity index (χ0v) is 16.5. The van der Waals surface area contributed by atoms with Crippen molar-refractivity contribution in [3.63, 3.8) is 0 Å². The molecule has 1 aromatic heterocycles. The number of nitrogens with zero attached hydrogens (tertiary/aromatic N) is 2. The maximum Gasteiger partial charge on any atom is 0.262 e. The van der Waals surface area contributed by atoms with Gasteiger partial charge in [0.25, 0.3) is 5.91 Å². The van der Waals surface area contributed by atoms with Crippen molar-refractivity contribution in [2.45, 2.75) is 0 Å². The van der Waals surface area contributed by atoms with Gasteiger partial charge >= 0.3 is 0 Å². The molecule has 0 atom stereocenters. The van der Waals surface area contributed by atoms with Gasteiger partial charge in [0.2, 0.25) is 0 Å². The lowest BCUT2D eigenvalue weighted by molar-refractivity contribution is -0.118. The van der Waals surface area contributed by atoms with E-state index in [0.29, 0.717) is 22.9 Å². The number of amides is 1. The van der Waals surface area contributed by atoms with Crippen LogP contribution in [0.3, 0.4) is 0 Å². The van der Waals surface area contributed by atoms with Gasteiger partial charge in [-0.3, -0.25) is 4.79 Å². The maximum atomic E-state index is 12.2. The first kappa shape index (κ1) is 19.7. The fourth-order valence-electron chi connectivity index (χ4n) is 2.99. The lowest BCUT2D eigenvalue weighted by atomic mass is 10.2. The van der Waals surface area contributed by atoms with Gasteiger partial charge in [-0.15, -0.1) is 6.42 Å². The molecule has 0 bridgehead atoms. The minimum absolute atomic E-state index is 0.166. The fraction of sp³-hybridized carbons (Fsp3) is 0.0417. The number of carbonyl (C=O) groups excluding carboxylic acids is 1. The monoisotopic (exact) mass is 409 g/mol. The van der Waals surface area contributed by atoms with Crippen LogP contribution in [0, 0.1) is 12.3 Å². The molecule has 0 aliphatic rings. The average molecular weight is 409 g/mol. The molecule has 0 fully saturated rings. The van der Waals surface area contributed by atoms with Gasteiger partial charge in [0.15, 0.2) is 6.61 Å². The third-order valence-electron chi connectivity index (χ3n) is 4.50. The van der Waals surface area contributed by atoms with Gasteiger partial charge in [-0.25, -0.2) is 9.97 Å². The summed E-state index contributed by atoms with van der Waals surface area (Å²) in [6.45, 7) is -0.166. The van der Waals surface area contributed by atoms with Crippen LogP contribution in [0.4, 0.5) is 22.9 Å². The van der Waals surface area contributed by atoms with Gasteiger partial charge in [-0.1, -0.05) is 24.1 Å². The Bertz CT molecular complexity index is 1300. The molecular weight excluding hydrogens is 390 g/mol. The first-order valence-electron chi connectivity index (χ1n) is 9.48. The number of fused-ring (bicyclic) bond motifs is 1. The Balaban J connectivity index is 1.50. The Hall–Kier alpha value is -4.57. The van der Waals surface area contributed by atoms with E-state index in [1.165, 1.54) is 6.33 Å². The van der Waals surface area contributed by atoms with Crippen molar-refractivity contribution in [1.82, 2.24) is 9.97 Å². The number of hydrogen-bond acceptors (Lipinski definition) is 6. The quantitative estimate of drug-likeness (QED) is 0.329. The van der Waals surface area contributed by atoms with Crippen molar-refractivity contribution in [1.29, 1.82) is 0 Å². The van der Waals surface area contributed by atoms with Crippen LogP contribution in [0.1, 0.15) is 5.56 Å². The van der Waals surface area contributed by atoms with E-state index < -0.39 is 0 Å². The molecule has 7 heteroatoms. The minimum Gasteiger partial charge on any atom is -0.484 e. The minimum atomic E-state index is -0.313. The highest BCUT2D eigenvalue weighted by Crippen LogP contribution is 2.27. The first-order valence-corrected chi connectivity index (χ1v) is 9.48. The number of rotatable bonds is 6. The molecule has 0 saturated carbocycles. The number of anilines is 4. The molecule has 3 aromatic carbocycles. The zero-order chi connectivity index (χ0) is 21.6. The van der Waals surface area contributed by atoms with E-state index in [1.54, 1.807) is 36.4 Å². The largest absolute Gasteiger partial charge is 0.484 e. The van der Waals surface area contributed by atoms with E-state index in [1.807, 2.05) is 30.3 Å². The number of benzene rings is 3. The van der Waals surface area contributed by atoms with Gasteiger partial charge in [-0.2, -0.15) is 0 Å². The molecule has 152 valence electrons. The van der Waals surface area contributed by atoms with Gasteiger partial charge in [0, 0.05) is 16.6 Å². The molecule has 0 aliphatic carbocycles. The number of aromatic nitrogens is 2. The smallest absolute Gasteiger partial charge is 0.262 e. The second-order valence-corrected chi connectivity index (χ2v) is 6.68. The summed E-state index contributed by atoms with van der Waals surface area (Å²) < 4.78 is 5.67. The van der Waals surface area contributed by atoms with Crippen molar-refractivity contribution >= 4 is 39.7 Å². The molecular formula is C24H19N5O2. The number of nitrogens with one attached hydrogen (secondary N) is 2. The normalized spacial score (nSPS) is 10.3. The maximum absolute atomic E-state index is 12.2. The summed E-state index contributed by atoms with van der Waals surface area (Å²) >= 11 is 0. The van der Waals surface area contributed by atoms with Crippen LogP contribution in [0.2, 0.25) is 0 Å². The summed E-state index contributed by atoms with van der Waals surface area (Å²) in [5.41, 5.74) is 9.19. The fourth-order valence-corrected chi connectivity index (χ4v) is 2.99. The Morgan fingerprint density at radius 2 is 1.94 bits per heavy atom. The lowest BCUT2D eigenvalue weighted by Gasteiger charge is -2.11. The van der Waals surface area contributed by atoms with E-state index in [9.17, 15) is 4.79 Å². The number of nitrogen functional groups attached to an aromatic ring is 1. The van der Waals surface area contributed by atoms with Crippen LogP contribution >= 0.6 is 0 Å². The second-order valence-electron chi connectivity index (χ2n) is 6.68. The number of nitrogens with two attached hydrogens (primary N) is 1. The standard InChI is InChI=1S/C24H19N5O2/c1-2-16-6-5-7-17(12-16)28-24-19-13-18(10-11-21(19)26-15-27-24)31-14-23(30)29-22-9-4-3-8-20(22)25/h1,3-13,15H,14,25H2,(H,29,30)(H,26,27,28). The molecule has 7 nitrogen and oxygen atoms in total. The molecule has 1 amide bonds. The van der Waals surface area contributed by atoms with E-state index in [4.69, 9.17) is 16.9 Å². The predicted octanol–water partition coefficient (Wildman–Crippen LogP) is 3.95. The molecule has 4 N–H and O–H groups in total. The number of terminal acetylenes is 1. The van der Waals surface area contributed by atoms with E-state index >= 15 is 0 Å². The van der Waals surface area contributed by atoms with Crippen LogP contribution in [0.15, 0.2) is 73.1 Å². The molecule has 31 heavy (non-hydrogen) atoms. The molecule has 1 heterocycles. The SMILES string of the molecule is C#Cc1cccc(Nc2ncnc3ccc(OCC(=O)Nc4ccccc4N)cc23)c1. The highest BCUT2D eigenvalue weighted by Gasteiger charge is 2.09. The van der Waals surface area contributed by atoms with Gasteiger partial charge < -0.3 is 21.1 Å². The Morgan fingerprint density at radius 1 is 1.06 bits per heavy atom. The summed E-state index contributed by atoms with van der Waals surface area (Å²) in [4.78, 5) is 20.8. The summed E-state index contributed by atoms with van der Waals surface area (Å²) in [7, 11) is 0. The molecule has 0 spiro atoms. The Labute approximate surface area is 179 Å². The van der Waals surface area contributed by atoms with Crippen molar-refractivity contribution in [3.05, 3.63) is 78.6 Å². The highest BCUT2D eigenvalue weighted by atomic mass is 16.5. The van der Waals surface area contributed by atoms with E-state index in [-0.39, 0.29) is 12.5 Å². The Kier molecular flexibility index (Phi) is 5.63.